The average Bonchev–Trinajstić information content (AvgIpc) is 2.90. The Morgan fingerprint density at radius 1 is 1.14 bits per heavy atom. The summed E-state index contributed by atoms with van der Waals surface area (Å²) in [5.41, 5.74) is 2.14. The van der Waals surface area contributed by atoms with Crippen LogP contribution in [0.2, 0.25) is 5.15 Å². The quantitative estimate of drug-likeness (QED) is 0.739. The van der Waals surface area contributed by atoms with Crippen molar-refractivity contribution in [2.24, 2.45) is 0 Å². The van der Waals surface area contributed by atoms with E-state index in [1.807, 2.05) is 12.1 Å². The minimum atomic E-state index is -2.47. The molecule has 0 aliphatic rings. The number of thiol groups is 1. The Labute approximate surface area is 133 Å². The van der Waals surface area contributed by atoms with Crippen molar-refractivity contribution in [3.63, 3.8) is 0 Å². The van der Waals surface area contributed by atoms with Crippen LogP contribution in [0.25, 0.3) is 17.1 Å². The van der Waals surface area contributed by atoms with Crippen molar-refractivity contribution in [3.05, 3.63) is 59.9 Å². The van der Waals surface area contributed by atoms with Crippen molar-refractivity contribution in [2.45, 2.75) is 5.75 Å². The van der Waals surface area contributed by atoms with Crippen LogP contribution in [0.3, 0.4) is 0 Å². The Hall–Kier alpha value is -2.25. The molecule has 0 atom stereocenters. The maximum Gasteiger partial charge on any atom is 0.155 e. The number of pyridine rings is 2. The number of aromatic nitrogens is 4. The fraction of sp³-hybridized carbons (Fsp3) is 0.0714. The largest absolute Gasteiger partial charge is 0.281 e. The van der Waals surface area contributed by atoms with Gasteiger partial charge in [0.05, 0.1) is 11.4 Å². The van der Waals surface area contributed by atoms with Gasteiger partial charge in [0.25, 0.3) is 0 Å². The van der Waals surface area contributed by atoms with Gasteiger partial charge in [-0.1, -0.05) is 17.7 Å². The fourth-order valence-corrected chi connectivity index (χ4v) is 2.79. The number of halogens is 1. The van der Waals surface area contributed by atoms with Crippen LogP contribution in [0, 0.1) is 0 Å². The Morgan fingerprint density at radius 3 is 2.64 bits per heavy atom. The van der Waals surface area contributed by atoms with Crippen LogP contribution in [-0.2, 0) is 16.5 Å². The first-order valence-corrected chi connectivity index (χ1v) is 8.09. The summed E-state index contributed by atoms with van der Waals surface area (Å²) < 4.78 is 23.2. The van der Waals surface area contributed by atoms with Gasteiger partial charge in [0, 0.05) is 24.2 Å². The Bertz CT molecular complexity index is 852. The third-order valence-electron chi connectivity index (χ3n) is 3.03. The zero-order valence-corrected chi connectivity index (χ0v) is 12.9. The number of hydrogen-bond donors (Lipinski definition) is 1. The molecule has 0 spiro atoms. The predicted molar refractivity (Wildman–Crippen MR) is 83.6 cm³/mol. The highest BCUT2D eigenvalue weighted by Gasteiger charge is 2.13. The lowest BCUT2D eigenvalue weighted by molar-refractivity contribution is 0.614. The molecule has 22 heavy (non-hydrogen) atoms. The van der Waals surface area contributed by atoms with Crippen LogP contribution >= 0.6 is 11.6 Å². The van der Waals surface area contributed by atoms with Crippen LogP contribution in [-0.4, -0.2) is 27.9 Å². The summed E-state index contributed by atoms with van der Waals surface area (Å²) in [6, 6.07) is 7.13. The maximum atomic E-state index is 10.7. The molecule has 112 valence electrons. The molecular formula is C14H11ClN4O2S. The topological polar surface area (TPSA) is 77.7 Å². The highest BCUT2D eigenvalue weighted by Crippen LogP contribution is 2.28. The number of hydrogen-bond acceptors (Lipinski definition) is 5. The minimum absolute atomic E-state index is 0.0250. The normalized spacial score (nSPS) is 11.0. The molecule has 0 aromatic carbocycles. The summed E-state index contributed by atoms with van der Waals surface area (Å²) in [5, 5.41) is 0.349. The van der Waals surface area contributed by atoms with E-state index < -0.39 is 10.7 Å². The summed E-state index contributed by atoms with van der Waals surface area (Å²) in [4.78, 5) is 12.5. The third kappa shape index (κ3) is 3.00. The monoisotopic (exact) mass is 334 g/mol. The van der Waals surface area contributed by atoms with Gasteiger partial charge < -0.3 is 0 Å². The van der Waals surface area contributed by atoms with Gasteiger partial charge in [0.15, 0.2) is 5.15 Å². The molecule has 3 rings (SSSR count). The zero-order chi connectivity index (χ0) is 15.5. The lowest BCUT2D eigenvalue weighted by Gasteiger charge is -2.08. The van der Waals surface area contributed by atoms with E-state index in [0.29, 0.717) is 22.2 Å². The van der Waals surface area contributed by atoms with E-state index in [4.69, 9.17) is 11.6 Å². The van der Waals surface area contributed by atoms with Crippen molar-refractivity contribution in [1.29, 1.82) is 0 Å². The number of imidazole rings is 1. The molecule has 3 heterocycles. The maximum absolute atomic E-state index is 10.7. The molecule has 0 aliphatic carbocycles. The minimum Gasteiger partial charge on any atom is -0.281 e. The molecule has 6 nitrogen and oxygen atoms in total. The van der Waals surface area contributed by atoms with Gasteiger partial charge in [0.1, 0.15) is 22.8 Å². The first-order valence-electron chi connectivity index (χ1n) is 6.35. The van der Waals surface area contributed by atoms with Crippen molar-refractivity contribution in [2.75, 3.05) is 0 Å². The van der Waals surface area contributed by atoms with Gasteiger partial charge in [-0.25, -0.2) is 18.4 Å². The summed E-state index contributed by atoms with van der Waals surface area (Å²) in [7, 11) is -2.47. The van der Waals surface area contributed by atoms with Crippen LogP contribution < -0.4 is 0 Å². The molecule has 0 saturated carbocycles. The Morgan fingerprint density at radius 2 is 2.00 bits per heavy atom. The lowest BCUT2D eigenvalue weighted by atomic mass is 10.2. The Balaban J connectivity index is 2.03. The molecule has 3 aromatic heterocycles. The van der Waals surface area contributed by atoms with E-state index in [9.17, 15) is 8.42 Å². The summed E-state index contributed by atoms with van der Waals surface area (Å²) in [6.07, 6.45) is 6.47. The SMILES string of the molecule is O=[SH](=O)Cc1ccc(-n2cnc(Cl)c2-c2cccnc2)nc1. The summed E-state index contributed by atoms with van der Waals surface area (Å²) in [6.45, 7) is 0. The third-order valence-corrected chi connectivity index (χ3v) is 3.93. The van der Waals surface area contributed by atoms with Crippen molar-refractivity contribution < 1.29 is 8.42 Å². The molecule has 0 saturated heterocycles. The van der Waals surface area contributed by atoms with Gasteiger partial charge in [-0.15, -0.1) is 0 Å². The van der Waals surface area contributed by atoms with Gasteiger partial charge in [-0.3, -0.25) is 9.55 Å². The second-order valence-electron chi connectivity index (χ2n) is 4.51. The molecule has 0 N–H and O–H groups in total. The van der Waals surface area contributed by atoms with E-state index >= 15 is 0 Å². The average molecular weight is 335 g/mol. The van der Waals surface area contributed by atoms with Gasteiger partial charge in [0.2, 0.25) is 0 Å². The van der Waals surface area contributed by atoms with Crippen molar-refractivity contribution in [3.8, 4) is 17.1 Å². The molecule has 0 amide bonds. The molecule has 0 unspecified atom stereocenters. The van der Waals surface area contributed by atoms with Crippen LogP contribution in [0.5, 0.6) is 0 Å². The zero-order valence-electron chi connectivity index (χ0n) is 11.3. The van der Waals surface area contributed by atoms with Crippen molar-refractivity contribution >= 4 is 22.3 Å². The van der Waals surface area contributed by atoms with Gasteiger partial charge in [-0.05, 0) is 23.8 Å². The molecular weight excluding hydrogens is 324 g/mol. The molecule has 3 aromatic rings. The van der Waals surface area contributed by atoms with Crippen LogP contribution in [0.4, 0.5) is 0 Å². The van der Waals surface area contributed by atoms with Crippen LogP contribution in [0.1, 0.15) is 5.56 Å². The van der Waals surface area contributed by atoms with E-state index in [1.165, 1.54) is 6.20 Å². The van der Waals surface area contributed by atoms with E-state index in [1.54, 1.807) is 35.4 Å². The van der Waals surface area contributed by atoms with Crippen LogP contribution in [0.15, 0.2) is 49.2 Å². The fourth-order valence-electron chi connectivity index (χ4n) is 2.06. The lowest BCUT2D eigenvalue weighted by Crippen LogP contribution is -1.99. The second-order valence-corrected chi connectivity index (χ2v) is 5.85. The Kier molecular flexibility index (Phi) is 4.17. The standard InChI is InChI=1S/C14H11ClN4O2S/c15-14-13(11-2-1-5-16-7-11)19(9-18-14)12-4-3-10(6-17-12)8-22(20)21/h1-7,9,22H,8H2. The molecule has 0 aliphatic heterocycles. The summed E-state index contributed by atoms with van der Waals surface area (Å²) >= 11 is 6.16. The number of nitrogens with zero attached hydrogens (tertiary/aromatic N) is 4. The molecule has 0 bridgehead atoms. The highest BCUT2D eigenvalue weighted by atomic mass is 35.5. The second kappa shape index (κ2) is 6.25. The molecule has 8 heteroatoms. The molecule has 0 radical (unpaired) electrons. The van der Waals surface area contributed by atoms with Gasteiger partial charge in [-0.2, -0.15) is 0 Å². The van der Waals surface area contributed by atoms with Crippen molar-refractivity contribution in [1.82, 2.24) is 19.5 Å². The first kappa shape index (κ1) is 14.7. The number of rotatable bonds is 4. The van der Waals surface area contributed by atoms with E-state index in [-0.39, 0.29) is 5.75 Å². The van der Waals surface area contributed by atoms with E-state index in [0.717, 1.165) is 5.56 Å². The van der Waals surface area contributed by atoms with E-state index in [2.05, 4.69) is 15.0 Å². The van der Waals surface area contributed by atoms with Gasteiger partial charge >= 0.3 is 0 Å². The predicted octanol–water partition coefficient (Wildman–Crippen LogP) is 2.09. The summed E-state index contributed by atoms with van der Waals surface area (Å²) in [5.74, 6) is 0.575. The smallest absolute Gasteiger partial charge is 0.155 e. The highest BCUT2D eigenvalue weighted by molar-refractivity contribution is 7.71. The first-order chi connectivity index (χ1) is 10.6. The molecule has 0 fully saturated rings.